The molecule has 0 aromatic heterocycles. The van der Waals surface area contributed by atoms with Crippen LogP contribution in [0.3, 0.4) is 0 Å². The number of Topliss-reactive ketones (excluding diaryl/α,β-unsaturated/α-hetero) is 1. The summed E-state index contributed by atoms with van der Waals surface area (Å²) in [5, 5.41) is 20.0. The van der Waals surface area contributed by atoms with Gasteiger partial charge in [0.1, 0.15) is 5.78 Å². The molecule has 4 fully saturated rings. The summed E-state index contributed by atoms with van der Waals surface area (Å²) in [6.45, 7) is 4.48. The molecule has 4 nitrogen and oxygen atoms in total. The lowest BCUT2D eigenvalue weighted by Crippen LogP contribution is -2.59. The number of rotatable bonds is 1. The van der Waals surface area contributed by atoms with Crippen molar-refractivity contribution in [3.8, 4) is 6.07 Å². The van der Waals surface area contributed by atoms with Crippen LogP contribution in [0.25, 0.3) is 0 Å². The molecular weight excluding hydrogens is 314 g/mol. The highest BCUT2D eigenvalue weighted by molar-refractivity contribution is 5.84. The molecule has 138 valence electrons. The summed E-state index contributed by atoms with van der Waals surface area (Å²) in [5.41, 5.74) is -0.184. The van der Waals surface area contributed by atoms with Crippen molar-refractivity contribution in [2.24, 2.45) is 40.4 Å². The van der Waals surface area contributed by atoms with Gasteiger partial charge in [-0.15, -0.1) is 0 Å². The molecule has 25 heavy (non-hydrogen) atoms. The van der Waals surface area contributed by atoms with E-state index in [2.05, 4.69) is 19.9 Å². The third-order valence-corrected chi connectivity index (χ3v) is 8.80. The lowest BCUT2D eigenvalue weighted by molar-refractivity contribution is -0.175. The number of fused-ring (bicyclic) bond motifs is 5. The monoisotopic (exact) mass is 345 g/mol. The quantitative estimate of drug-likeness (QED) is 0.791. The fourth-order valence-corrected chi connectivity index (χ4v) is 7.53. The molecule has 9 unspecified atom stereocenters. The summed E-state index contributed by atoms with van der Waals surface area (Å²) in [6, 6.07) is 2.50. The molecule has 0 spiro atoms. The minimum absolute atomic E-state index is 0.0350. The van der Waals surface area contributed by atoms with Crippen LogP contribution in [0.1, 0.15) is 58.8 Å². The first kappa shape index (κ1) is 17.5. The molecule has 0 saturated heterocycles. The third kappa shape index (κ3) is 2.28. The number of ether oxygens (including phenoxy) is 1. The molecule has 4 heteroatoms. The van der Waals surface area contributed by atoms with Gasteiger partial charge in [0, 0.05) is 19.4 Å². The zero-order valence-corrected chi connectivity index (χ0v) is 15.7. The maximum absolute atomic E-state index is 13.4. The van der Waals surface area contributed by atoms with E-state index in [0.29, 0.717) is 30.0 Å². The number of nitrogens with zero attached hydrogens (tertiary/aromatic N) is 1. The van der Waals surface area contributed by atoms with Crippen LogP contribution in [0.2, 0.25) is 0 Å². The smallest absolute Gasteiger partial charge is 0.137 e. The van der Waals surface area contributed by atoms with E-state index in [0.717, 1.165) is 38.5 Å². The second kappa shape index (κ2) is 5.79. The predicted octanol–water partition coefficient (Wildman–Crippen LogP) is 3.33. The Morgan fingerprint density at radius 3 is 2.64 bits per heavy atom. The standard InChI is InChI=1S/C21H31NO3/c1-20-9-17(24)19-14(15(20)7-5-13(20)11-22)6-4-12-8-16(23)18(25-3)10-21(12,19)2/h12-16,18-19,23H,4-10H2,1-3H3. The van der Waals surface area contributed by atoms with Crippen molar-refractivity contribution < 1.29 is 14.6 Å². The van der Waals surface area contributed by atoms with Crippen LogP contribution >= 0.6 is 0 Å². The Morgan fingerprint density at radius 1 is 1.20 bits per heavy atom. The van der Waals surface area contributed by atoms with E-state index < -0.39 is 6.10 Å². The van der Waals surface area contributed by atoms with Gasteiger partial charge in [0.25, 0.3) is 0 Å². The molecule has 4 aliphatic rings. The number of hydrogen-bond acceptors (Lipinski definition) is 4. The third-order valence-electron chi connectivity index (χ3n) is 8.80. The van der Waals surface area contributed by atoms with Crippen molar-refractivity contribution in [3.63, 3.8) is 0 Å². The Bertz CT molecular complexity index is 613. The number of aliphatic hydroxyl groups is 1. The molecule has 0 bridgehead atoms. The molecular formula is C21H31NO3. The second-order valence-corrected chi connectivity index (χ2v) is 9.72. The summed E-state index contributed by atoms with van der Waals surface area (Å²) < 4.78 is 5.57. The number of methoxy groups -OCH3 is 1. The topological polar surface area (TPSA) is 70.3 Å². The highest BCUT2D eigenvalue weighted by Gasteiger charge is 2.64. The van der Waals surface area contributed by atoms with Gasteiger partial charge in [-0.25, -0.2) is 0 Å². The molecule has 1 N–H and O–H groups in total. The van der Waals surface area contributed by atoms with Crippen molar-refractivity contribution in [1.29, 1.82) is 5.26 Å². The Morgan fingerprint density at radius 2 is 1.96 bits per heavy atom. The van der Waals surface area contributed by atoms with Gasteiger partial charge in [-0.3, -0.25) is 4.79 Å². The van der Waals surface area contributed by atoms with Gasteiger partial charge in [0.05, 0.1) is 24.2 Å². The molecule has 4 aliphatic carbocycles. The summed E-state index contributed by atoms with van der Waals surface area (Å²) in [5.74, 6) is 1.84. The molecule has 0 aliphatic heterocycles. The Kier molecular flexibility index (Phi) is 4.05. The van der Waals surface area contributed by atoms with E-state index in [1.54, 1.807) is 7.11 Å². The van der Waals surface area contributed by atoms with Crippen LogP contribution in [0.5, 0.6) is 0 Å². The molecule has 0 amide bonds. The van der Waals surface area contributed by atoms with Crippen LogP contribution in [0.15, 0.2) is 0 Å². The summed E-state index contributed by atoms with van der Waals surface area (Å²) in [7, 11) is 1.67. The first-order chi connectivity index (χ1) is 11.8. The molecule has 9 atom stereocenters. The van der Waals surface area contributed by atoms with Crippen LogP contribution in [0.4, 0.5) is 0 Å². The number of aliphatic hydroxyl groups excluding tert-OH is 1. The summed E-state index contributed by atoms with van der Waals surface area (Å²) in [4.78, 5) is 13.4. The maximum Gasteiger partial charge on any atom is 0.137 e. The van der Waals surface area contributed by atoms with Crippen molar-refractivity contribution in [2.45, 2.75) is 71.0 Å². The first-order valence-corrected chi connectivity index (χ1v) is 9.98. The lowest BCUT2D eigenvalue weighted by atomic mass is 9.44. The number of ketones is 1. The van der Waals surface area contributed by atoms with E-state index in [4.69, 9.17) is 4.74 Å². The predicted molar refractivity (Wildman–Crippen MR) is 93.4 cm³/mol. The minimum atomic E-state index is -0.405. The van der Waals surface area contributed by atoms with Gasteiger partial charge >= 0.3 is 0 Å². The fourth-order valence-electron chi connectivity index (χ4n) is 7.53. The normalized spacial score (nSPS) is 55.0. The van der Waals surface area contributed by atoms with E-state index in [1.807, 2.05) is 0 Å². The number of nitriles is 1. The maximum atomic E-state index is 13.4. The lowest BCUT2D eigenvalue weighted by Gasteiger charge is -2.60. The Labute approximate surface area is 150 Å². The molecule has 0 radical (unpaired) electrons. The minimum Gasteiger partial charge on any atom is -0.390 e. The van der Waals surface area contributed by atoms with Crippen LogP contribution in [0, 0.1) is 51.8 Å². The summed E-state index contributed by atoms with van der Waals surface area (Å²) in [6.07, 6.45) is 5.78. The molecule has 4 rings (SSSR count). The van der Waals surface area contributed by atoms with Gasteiger partial charge in [0.15, 0.2) is 0 Å². The van der Waals surface area contributed by atoms with Gasteiger partial charge in [0.2, 0.25) is 0 Å². The summed E-state index contributed by atoms with van der Waals surface area (Å²) >= 11 is 0. The van der Waals surface area contributed by atoms with Crippen molar-refractivity contribution >= 4 is 5.78 Å². The molecule has 4 saturated carbocycles. The zero-order valence-electron chi connectivity index (χ0n) is 15.7. The molecule has 0 heterocycles. The largest absolute Gasteiger partial charge is 0.390 e. The second-order valence-electron chi connectivity index (χ2n) is 9.72. The first-order valence-electron chi connectivity index (χ1n) is 9.98. The van der Waals surface area contributed by atoms with E-state index in [-0.39, 0.29) is 28.8 Å². The van der Waals surface area contributed by atoms with Crippen LogP contribution < -0.4 is 0 Å². The van der Waals surface area contributed by atoms with Gasteiger partial charge in [-0.05, 0) is 67.1 Å². The molecule has 0 aromatic rings. The van der Waals surface area contributed by atoms with Crippen molar-refractivity contribution in [1.82, 2.24) is 0 Å². The van der Waals surface area contributed by atoms with E-state index >= 15 is 0 Å². The fraction of sp³-hybridized carbons (Fsp3) is 0.905. The highest BCUT2D eigenvalue weighted by atomic mass is 16.5. The van der Waals surface area contributed by atoms with Crippen LogP contribution in [-0.4, -0.2) is 30.2 Å². The SMILES string of the molecule is COC1CC2(C)C(CCC3C4CCC(C#N)C4(C)CC(=O)C32)CC1O. The van der Waals surface area contributed by atoms with Gasteiger partial charge in [-0.2, -0.15) is 5.26 Å². The Balaban J connectivity index is 1.69. The number of hydrogen-bond donors (Lipinski definition) is 1. The Hall–Kier alpha value is -0.920. The van der Waals surface area contributed by atoms with Crippen LogP contribution in [-0.2, 0) is 9.53 Å². The zero-order chi connectivity index (χ0) is 18.0. The molecule has 0 aromatic carbocycles. The average molecular weight is 345 g/mol. The van der Waals surface area contributed by atoms with Crippen molar-refractivity contribution in [2.75, 3.05) is 7.11 Å². The van der Waals surface area contributed by atoms with Gasteiger partial charge in [-0.1, -0.05) is 13.8 Å². The number of carbonyl (C=O) groups excluding carboxylic acids is 1. The van der Waals surface area contributed by atoms with E-state index in [9.17, 15) is 15.2 Å². The van der Waals surface area contributed by atoms with E-state index in [1.165, 1.54) is 0 Å². The van der Waals surface area contributed by atoms with Crippen molar-refractivity contribution in [3.05, 3.63) is 0 Å². The van der Waals surface area contributed by atoms with Gasteiger partial charge < -0.3 is 9.84 Å². The highest BCUT2D eigenvalue weighted by Crippen LogP contribution is 2.66. The average Bonchev–Trinajstić information content (AvgIpc) is 2.90. The number of carbonyl (C=O) groups is 1.